The van der Waals surface area contributed by atoms with Gasteiger partial charge < -0.3 is 24.6 Å². The number of rotatable bonds is 8. The second-order valence-corrected chi connectivity index (χ2v) is 12.1. The lowest BCUT2D eigenvalue weighted by Crippen LogP contribution is -2.52. The van der Waals surface area contributed by atoms with Gasteiger partial charge in [0, 0.05) is 35.4 Å². The van der Waals surface area contributed by atoms with Gasteiger partial charge in [-0.05, 0) is 39.3 Å². The number of carboxylic acid groups (broad SMARTS) is 1. The van der Waals surface area contributed by atoms with Crippen molar-refractivity contribution < 1.29 is 28.9 Å². The van der Waals surface area contributed by atoms with Gasteiger partial charge in [-0.25, -0.2) is 14.6 Å². The number of fused-ring (bicyclic) bond motifs is 1. The van der Waals surface area contributed by atoms with Crippen LogP contribution in [-0.2, 0) is 9.53 Å². The van der Waals surface area contributed by atoms with Gasteiger partial charge in [0.1, 0.15) is 28.7 Å². The van der Waals surface area contributed by atoms with E-state index in [1.807, 2.05) is 54.6 Å². The number of likely N-dealkylation sites (tertiary alicyclic amines) is 1. The van der Waals surface area contributed by atoms with E-state index in [0.717, 1.165) is 16.6 Å². The molecule has 2 aliphatic rings. The molecule has 2 unspecified atom stereocenters. The second kappa shape index (κ2) is 11.2. The molecule has 1 aromatic heterocycles. The number of amides is 1. The molecule has 1 aliphatic carbocycles. The number of hydrogen-bond donors (Lipinski definition) is 2. The highest BCUT2D eigenvalue weighted by molar-refractivity contribution is 7.80. The molecule has 220 valence electrons. The summed E-state index contributed by atoms with van der Waals surface area (Å²) in [6.07, 6.45) is 1.34. The predicted molar refractivity (Wildman–Crippen MR) is 164 cm³/mol. The Kier molecular flexibility index (Phi) is 7.85. The Labute approximate surface area is 250 Å². The Morgan fingerprint density at radius 1 is 1.19 bits per heavy atom. The van der Waals surface area contributed by atoms with Crippen LogP contribution in [0.25, 0.3) is 22.2 Å². The number of carbonyl (C=O) groups excluding carboxylic acids is 1. The van der Waals surface area contributed by atoms with Crippen LogP contribution in [-0.4, -0.2) is 69.0 Å². The monoisotopic (exact) mass is 589 g/mol. The lowest BCUT2D eigenvalue weighted by atomic mass is 10.1. The first-order valence-electron chi connectivity index (χ1n) is 13.8. The van der Waals surface area contributed by atoms with Gasteiger partial charge in [0.05, 0.1) is 35.9 Å². The van der Waals surface area contributed by atoms with Gasteiger partial charge in [-0.15, -0.1) is 6.58 Å². The van der Waals surface area contributed by atoms with Gasteiger partial charge in [-0.1, -0.05) is 48.6 Å². The standard InChI is InChI=1S/C32H35N3O6S/c1-6-20-17-32(20,29(36)37)34-28(42)26-15-22(18-35(26)30(38)41-31(2,3)4)40-27-16-24(19-10-8-7-9-11-19)33-25-14-21(39-5)12-13-23(25)27/h6-14,16,20,22,26H,1,15,17-18H2,2-5H3,(H,34,42)(H,36,37)/t20?,22?,26-,32+/m0/s1. The maximum atomic E-state index is 13.3. The number of ether oxygens (including phenoxy) is 3. The van der Waals surface area contributed by atoms with E-state index in [4.69, 9.17) is 31.4 Å². The SMILES string of the molecule is C=CC1C[C@]1(NC(=S)[C@@H]1CC(Oc2cc(-c3ccccc3)nc3cc(OC)ccc23)CN1C(=O)OC(C)(C)C)C(=O)O. The average molecular weight is 590 g/mol. The summed E-state index contributed by atoms with van der Waals surface area (Å²) < 4.78 is 17.7. The summed E-state index contributed by atoms with van der Waals surface area (Å²) in [7, 11) is 1.61. The predicted octanol–water partition coefficient (Wildman–Crippen LogP) is 5.61. The molecular weight excluding hydrogens is 554 g/mol. The summed E-state index contributed by atoms with van der Waals surface area (Å²) >= 11 is 5.73. The van der Waals surface area contributed by atoms with Gasteiger partial charge in [-0.2, -0.15) is 0 Å². The van der Waals surface area contributed by atoms with Crippen molar-refractivity contribution in [2.45, 2.75) is 56.9 Å². The minimum absolute atomic E-state index is 0.201. The zero-order chi connectivity index (χ0) is 30.2. The van der Waals surface area contributed by atoms with E-state index in [-0.39, 0.29) is 17.5 Å². The average Bonchev–Trinajstić information content (AvgIpc) is 3.51. The summed E-state index contributed by atoms with van der Waals surface area (Å²) in [5, 5.41) is 13.8. The summed E-state index contributed by atoms with van der Waals surface area (Å²) in [4.78, 5) is 32.1. The van der Waals surface area contributed by atoms with Crippen molar-refractivity contribution in [3.8, 4) is 22.8 Å². The Morgan fingerprint density at radius 2 is 1.93 bits per heavy atom. The maximum absolute atomic E-state index is 13.3. The quantitative estimate of drug-likeness (QED) is 0.256. The molecule has 42 heavy (non-hydrogen) atoms. The molecule has 1 saturated heterocycles. The van der Waals surface area contributed by atoms with Gasteiger partial charge >= 0.3 is 12.1 Å². The normalized spacial score (nSPS) is 23.2. The summed E-state index contributed by atoms with van der Waals surface area (Å²) in [5.41, 5.74) is 0.413. The minimum atomic E-state index is -1.22. The molecule has 2 heterocycles. The van der Waals surface area contributed by atoms with Gasteiger partial charge in [0.15, 0.2) is 0 Å². The Morgan fingerprint density at radius 3 is 2.55 bits per heavy atom. The zero-order valence-electron chi connectivity index (χ0n) is 24.1. The minimum Gasteiger partial charge on any atom is -0.497 e. The van der Waals surface area contributed by atoms with Crippen LogP contribution in [0.4, 0.5) is 4.79 Å². The van der Waals surface area contributed by atoms with Crippen LogP contribution in [0.1, 0.15) is 33.6 Å². The zero-order valence-corrected chi connectivity index (χ0v) is 24.9. The highest BCUT2D eigenvalue weighted by Gasteiger charge is 2.60. The molecule has 0 radical (unpaired) electrons. The molecule has 4 atom stereocenters. The number of aliphatic carboxylic acids is 1. The van der Waals surface area contributed by atoms with Crippen LogP contribution in [0.3, 0.4) is 0 Å². The third kappa shape index (κ3) is 5.90. The number of thiocarbonyl (C=S) groups is 1. The third-order valence-corrected chi connectivity index (χ3v) is 7.94. The highest BCUT2D eigenvalue weighted by atomic mass is 32.1. The molecule has 1 saturated carbocycles. The molecular formula is C32H35N3O6S. The molecule has 2 fully saturated rings. The molecule has 2 aromatic carbocycles. The Balaban J connectivity index is 1.47. The molecule has 5 rings (SSSR count). The third-order valence-electron chi connectivity index (χ3n) is 7.56. The molecule has 9 nitrogen and oxygen atoms in total. The number of benzene rings is 2. The summed E-state index contributed by atoms with van der Waals surface area (Å²) in [6.45, 7) is 9.33. The van der Waals surface area contributed by atoms with Crippen LogP contribution in [0.2, 0.25) is 0 Å². The fraction of sp³-hybridized carbons (Fsp3) is 0.375. The topological polar surface area (TPSA) is 110 Å². The Hall–Kier alpha value is -4.18. The lowest BCUT2D eigenvalue weighted by Gasteiger charge is -2.30. The summed E-state index contributed by atoms with van der Waals surface area (Å²) in [5.74, 6) is 0.0143. The first-order chi connectivity index (χ1) is 19.9. The van der Waals surface area contributed by atoms with Gasteiger partial charge in [0.2, 0.25) is 0 Å². The number of aromatic nitrogens is 1. The van der Waals surface area contributed by atoms with Crippen molar-refractivity contribution in [3.05, 3.63) is 67.3 Å². The van der Waals surface area contributed by atoms with Crippen molar-refractivity contribution >= 4 is 40.2 Å². The number of nitrogens with zero attached hydrogens (tertiary/aromatic N) is 2. The largest absolute Gasteiger partial charge is 0.497 e. The van der Waals surface area contributed by atoms with E-state index in [1.165, 1.54) is 4.90 Å². The Bertz CT molecular complexity index is 1540. The van der Waals surface area contributed by atoms with E-state index < -0.39 is 35.3 Å². The maximum Gasteiger partial charge on any atom is 0.411 e. The van der Waals surface area contributed by atoms with Crippen LogP contribution in [0.5, 0.6) is 11.5 Å². The molecule has 2 N–H and O–H groups in total. The smallest absolute Gasteiger partial charge is 0.411 e. The van der Waals surface area contributed by atoms with Crippen LogP contribution >= 0.6 is 12.2 Å². The number of carboxylic acids is 1. The van der Waals surface area contributed by atoms with Crippen molar-refractivity contribution in [2.75, 3.05) is 13.7 Å². The lowest BCUT2D eigenvalue weighted by molar-refractivity contribution is -0.140. The number of hydrogen-bond acceptors (Lipinski definition) is 7. The van der Waals surface area contributed by atoms with Crippen molar-refractivity contribution in [1.29, 1.82) is 0 Å². The second-order valence-electron chi connectivity index (χ2n) is 11.7. The van der Waals surface area contributed by atoms with Crippen LogP contribution in [0, 0.1) is 5.92 Å². The van der Waals surface area contributed by atoms with Gasteiger partial charge in [-0.3, -0.25) is 4.90 Å². The first kappa shape index (κ1) is 29.3. The van der Waals surface area contributed by atoms with Crippen molar-refractivity contribution in [3.63, 3.8) is 0 Å². The van der Waals surface area contributed by atoms with Crippen molar-refractivity contribution in [1.82, 2.24) is 15.2 Å². The molecule has 10 heteroatoms. The van der Waals surface area contributed by atoms with E-state index in [2.05, 4.69) is 11.9 Å². The van der Waals surface area contributed by atoms with Crippen LogP contribution in [0.15, 0.2) is 67.3 Å². The fourth-order valence-corrected chi connectivity index (χ4v) is 5.72. The van der Waals surface area contributed by atoms with Crippen LogP contribution < -0.4 is 14.8 Å². The highest BCUT2D eigenvalue weighted by Crippen LogP contribution is 2.45. The molecule has 0 spiro atoms. The fourth-order valence-electron chi connectivity index (χ4n) is 5.31. The number of methoxy groups -OCH3 is 1. The van der Waals surface area contributed by atoms with E-state index in [1.54, 1.807) is 34.0 Å². The van der Waals surface area contributed by atoms with Crippen molar-refractivity contribution in [2.24, 2.45) is 5.92 Å². The number of nitrogens with one attached hydrogen (secondary N) is 1. The summed E-state index contributed by atoms with van der Waals surface area (Å²) in [6, 6.07) is 16.7. The molecule has 0 bridgehead atoms. The molecule has 1 amide bonds. The van der Waals surface area contributed by atoms with E-state index in [0.29, 0.717) is 29.9 Å². The van der Waals surface area contributed by atoms with E-state index in [9.17, 15) is 14.7 Å². The first-order valence-corrected chi connectivity index (χ1v) is 14.2. The number of carbonyl (C=O) groups is 2. The molecule has 3 aromatic rings. The molecule has 1 aliphatic heterocycles. The number of pyridine rings is 1. The van der Waals surface area contributed by atoms with Gasteiger partial charge in [0.25, 0.3) is 0 Å². The van der Waals surface area contributed by atoms with E-state index >= 15 is 0 Å².